The monoisotopic (exact) mass is 238 g/mol. The maximum Gasteiger partial charge on any atom is 0.126 e. The Bertz CT molecular complexity index is 403. The van der Waals surface area contributed by atoms with Crippen molar-refractivity contribution in [1.29, 1.82) is 0 Å². The minimum absolute atomic E-state index is 0.0890. The number of fused-ring (bicyclic) bond motifs is 1. The first-order chi connectivity index (χ1) is 8.19. The highest BCUT2D eigenvalue weighted by Crippen LogP contribution is 2.40. The van der Waals surface area contributed by atoms with E-state index in [1.165, 1.54) is 0 Å². The third-order valence-electron chi connectivity index (χ3n) is 3.34. The molecule has 1 aliphatic rings. The largest absolute Gasteiger partial charge is 0.497 e. The SMILES string of the molecule is COc1cc(OC)c2c(c1)C(O)CC(CO)C2. The first kappa shape index (κ1) is 12.2. The van der Waals surface area contributed by atoms with Crippen LogP contribution in [0.15, 0.2) is 12.1 Å². The molecule has 0 spiro atoms. The Balaban J connectivity index is 2.46. The summed E-state index contributed by atoms with van der Waals surface area (Å²) in [5.74, 6) is 1.50. The van der Waals surface area contributed by atoms with E-state index in [-0.39, 0.29) is 12.5 Å². The number of rotatable bonds is 3. The smallest absolute Gasteiger partial charge is 0.126 e. The summed E-state index contributed by atoms with van der Waals surface area (Å²) in [5, 5.41) is 19.3. The van der Waals surface area contributed by atoms with Gasteiger partial charge in [-0.3, -0.25) is 0 Å². The molecular weight excluding hydrogens is 220 g/mol. The van der Waals surface area contributed by atoms with Gasteiger partial charge in [0.05, 0.1) is 20.3 Å². The van der Waals surface area contributed by atoms with Crippen molar-refractivity contribution in [2.75, 3.05) is 20.8 Å². The second-order valence-corrected chi connectivity index (χ2v) is 4.40. The highest BCUT2D eigenvalue weighted by molar-refractivity contribution is 5.49. The van der Waals surface area contributed by atoms with Crippen LogP contribution in [0.2, 0.25) is 0 Å². The molecule has 1 aromatic rings. The van der Waals surface area contributed by atoms with E-state index in [9.17, 15) is 10.2 Å². The molecule has 2 rings (SSSR count). The molecule has 2 atom stereocenters. The molecule has 17 heavy (non-hydrogen) atoms. The molecule has 0 radical (unpaired) electrons. The van der Waals surface area contributed by atoms with Gasteiger partial charge >= 0.3 is 0 Å². The third-order valence-corrected chi connectivity index (χ3v) is 3.34. The Morgan fingerprint density at radius 3 is 2.65 bits per heavy atom. The minimum atomic E-state index is -0.556. The van der Waals surface area contributed by atoms with Crippen molar-refractivity contribution >= 4 is 0 Å². The van der Waals surface area contributed by atoms with Crippen molar-refractivity contribution < 1.29 is 19.7 Å². The van der Waals surface area contributed by atoms with E-state index < -0.39 is 6.10 Å². The number of hydrogen-bond donors (Lipinski definition) is 2. The Hall–Kier alpha value is -1.26. The lowest BCUT2D eigenvalue weighted by Gasteiger charge is -2.29. The predicted molar refractivity (Wildman–Crippen MR) is 63.4 cm³/mol. The minimum Gasteiger partial charge on any atom is -0.497 e. The van der Waals surface area contributed by atoms with E-state index in [1.54, 1.807) is 14.2 Å². The van der Waals surface area contributed by atoms with Crippen molar-refractivity contribution in [3.63, 3.8) is 0 Å². The van der Waals surface area contributed by atoms with E-state index in [4.69, 9.17) is 9.47 Å². The van der Waals surface area contributed by atoms with Crippen molar-refractivity contribution in [3.8, 4) is 11.5 Å². The highest BCUT2D eigenvalue weighted by atomic mass is 16.5. The van der Waals surface area contributed by atoms with E-state index in [0.717, 1.165) is 23.3 Å². The summed E-state index contributed by atoms with van der Waals surface area (Å²) in [7, 11) is 3.19. The van der Waals surface area contributed by atoms with Gasteiger partial charge in [-0.15, -0.1) is 0 Å². The van der Waals surface area contributed by atoms with Crippen molar-refractivity contribution in [1.82, 2.24) is 0 Å². The molecule has 0 saturated carbocycles. The number of aliphatic hydroxyl groups is 2. The van der Waals surface area contributed by atoms with Crippen LogP contribution in [-0.2, 0) is 6.42 Å². The maximum atomic E-state index is 10.1. The third kappa shape index (κ3) is 2.23. The first-order valence-corrected chi connectivity index (χ1v) is 5.73. The lowest BCUT2D eigenvalue weighted by atomic mass is 9.82. The molecule has 0 aromatic heterocycles. The lowest BCUT2D eigenvalue weighted by molar-refractivity contribution is 0.103. The molecule has 4 nitrogen and oxygen atoms in total. The van der Waals surface area contributed by atoms with Crippen LogP contribution >= 0.6 is 0 Å². The average molecular weight is 238 g/mol. The Labute approximate surface area is 101 Å². The second kappa shape index (κ2) is 4.94. The summed E-state index contributed by atoms with van der Waals surface area (Å²) in [6.45, 7) is 0.0890. The molecule has 2 N–H and O–H groups in total. The van der Waals surface area contributed by atoms with Crippen LogP contribution in [0.1, 0.15) is 23.7 Å². The van der Waals surface area contributed by atoms with Crippen molar-refractivity contribution in [2.24, 2.45) is 5.92 Å². The quantitative estimate of drug-likeness (QED) is 0.833. The molecule has 94 valence electrons. The first-order valence-electron chi connectivity index (χ1n) is 5.73. The van der Waals surface area contributed by atoms with E-state index >= 15 is 0 Å². The van der Waals surface area contributed by atoms with Crippen LogP contribution in [-0.4, -0.2) is 31.0 Å². The molecule has 0 fully saturated rings. The zero-order valence-electron chi connectivity index (χ0n) is 10.1. The van der Waals surface area contributed by atoms with Gasteiger partial charge in [0.15, 0.2) is 0 Å². The summed E-state index contributed by atoms with van der Waals surface area (Å²) in [4.78, 5) is 0. The molecular formula is C13H18O4. The Morgan fingerprint density at radius 2 is 2.06 bits per heavy atom. The second-order valence-electron chi connectivity index (χ2n) is 4.40. The van der Waals surface area contributed by atoms with E-state index in [0.29, 0.717) is 12.2 Å². The Kier molecular flexibility index (Phi) is 3.54. The number of benzene rings is 1. The number of methoxy groups -OCH3 is 2. The maximum absolute atomic E-state index is 10.1. The summed E-state index contributed by atoms with van der Waals surface area (Å²) < 4.78 is 10.5. The van der Waals surface area contributed by atoms with Gasteiger partial charge in [-0.05, 0) is 30.4 Å². The summed E-state index contributed by atoms with van der Waals surface area (Å²) in [5.41, 5.74) is 1.83. The van der Waals surface area contributed by atoms with Gasteiger partial charge in [0, 0.05) is 18.2 Å². The molecule has 0 amide bonds. The predicted octanol–water partition coefficient (Wildman–Crippen LogP) is 1.29. The van der Waals surface area contributed by atoms with Crippen molar-refractivity contribution in [2.45, 2.75) is 18.9 Å². The molecule has 2 unspecified atom stereocenters. The zero-order chi connectivity index (χ0) is 12.4. The van der Waals surface area contributed by atoms with Gasteiger partial charge in [-0.2, -0.15) is 0 Å². The molecule has 1 aromatic carbocycles. The van der Waals surface area contributed by atoms with Crippen LogP contribution in [0.25, 0.3) is 0 Å². The molecule has 1 aliphatic carbocycles. The molecule has 0 heterocycles. The normalized spacial score (nSPS) is 23.1. The van der Waals surface area contributed by atoms with Crippen LogP contribution in [0.4, 0.5) is 0 Å². The fraction of sp³-hybridized carbons (Fsp3) is 0.538. The van der Waals surface area contributed by atoms with Crippen LogP contribution in [0.3, 0.4) is 0 Å². The number of ether oxygens (including phenoxy) is 2. The Morgan fingerprint density at radius 1 is 1.29 bits per heavy atom. The molecule has 4 heteroatoms. The van der Waals surface area contributed by atoms with Crippen molar-refractivity contribution in [3.05, 3.63) is 23.3 Å². The zero-order valence-corrected chi connectivity index (χ0v) is 10.1. The summed E-state index contributed by atoms with van der Waals surface area (Å²) in [6, 6.07) is 3.65. The molecule has 0 saturated heterocycles. The number of aliphatic hydroxyl groups excluding tert-OH is 2. The van der Waals surface area contributed by atoms with Crippen LogP contribution < -0.4 is 9.47 Å². The van der Waals surface area contributed by atoms with Gasteiger partial charge in [0.25, 0.3) is 0 Å². The number of hydrogen-bond acceptors (Lipinski definition) is 4. The highest BCUT2D eigenvalue weighted by Gasteiger charge is 2.28. The topological polar surface area (TPSA) is 58.9 Å². The van der Waals surface area contributed by atoms with Crippen LogP contribution in [0.5, 0.6) is 11.5 Å². The van der Waals surface area contributed by atoms with E-state index in [2.05, 4.69) is 0 Å². The standard InChI is InChI=1S/C13H18O4/c1-16-9-5-10-11(13(6-9)17-2)3-8(7-14)4-12(10)15/h5-6,8,12,14-15H,3-4,7H2,1-2H3. The van der Waals surface area contributed by atoms with Gasteiger partial charge in [-0.25, -0.2) is 0 Å². The average Bonchev–Trinajstić information content (AvgIpc) is 2.37. The molecule has 0 bridgehead atoms. The van der Waals surface area contributed by atoms with E-state index in [1.807, 2.05) is 12.1 Å². The fourth-order valence-corrected chi connectivity index (χ4v) is 2.41. The van der Waals surface area contributed by atoms with Gasteiger partial charge in [0.2, 0.25) is 0 Å². The van der Waals surface area contributed by atoms with Gasteiger partial charge in [-0.1, -0.05) is 0 Å². The summed E-state index contributed by atoms with van der Waals surface area (Å²) in [6.07, 6.45) is 0.760. The van der Waals surface area contributed by atoms with Gasteiger partial charge < -0.3 is 19.7 Å². The summed E-state index contributed by atoms with van der Waals surface area (Å²) >= 11 is 0. The fourth-order valence-electron chi connectivity index (χ4n) is 2.41. The van der Waals surface area contributed by atoms with Gasteiger partial charge in [0.1, 0.15) is 11.5 Å². The lowest BCUT2D eigenvalue weighted by Crippen LogP contribution is -2.22. The van der Waals surface area contributed by atoms with Crippen LogP contribution in [0, 0.1) is 5.92 Å². The molecule has 0 aliphatic heterocycles.